The van der Waals surface area contributed by atoms with Crippen LogP contribution in [0.4, 0.5) is 0 Å². The van der Waals surface area contributed by atoms with Crippen LogP contribution < -0.4 is 10.1 Å². The van der Waals surface area contributed by atoms with Gasteiger partial charge in [-0.25, -0.2) is 0 Å². The minimum Gasteiger partial charge on any atom is -0.493 e. The summed E-state index contributed by atoms with van der Waals surface area (Å²) in [6.07, 6.45) is 1.60. The molecule has 132 valence electrons. The molecular weight excluding hydrogens is 316 g/mol. The Bertz CT molecular complexity index is 847. The van der Waals surface area contributed by atoms with Crippen LogP contribution in [-0.4, -0.2) is 17.1 Å². The van der Waals surface area contributed by atoms with Crippen LogP contribution in [0.15, 0.2) is 47.1 Å². The van der Waals surface area contributed by atoms with Crippen molar-refractivity contribution in [3.05, 3.63) is 54.1 Å². The summed E-state index contributed by atoms with van der Waals surface area (Å²) >= 11 is 0. The van der Waals surface area contributed by atoms with Gasteiger partial charge in [0, 0.05) is 11.9 Å². The summed E-state index contributed by atoms with van der Waals surface area (Å²) in [5.74, 6) is 1.84. The fraction of sp³-hybridized carbons (Fsp3) is 0.350. The standard InChI is InChI=1S/C20H24N2O3/c1-4-24-19-9-5-8-17-16(19)11-18(22(17)13-14(2)3)20(23)21-12-15-7-6-10-25-15/h5-11,14H,4,12-13H2,1-3H3,(H,21,23). The van der Waals surface area contributed by atoms with Crippen molar-refractivity contribution >= 4 is 16.8 Å². The normalized spacial score (nSPS) is 11.2. The molecule has 0 unspecified atom stereocenters. The Morgan fingerprint density at radius 2 is 2.12 bits per heavy atom. The molecule has 25 heavy (non-hydrogen) atoms. The second kappa shape index (κ2) is 7.47. The van der Waals surface area contributed by atoms with Crippen molar-refractivity contribution in [3.8, 4) is 5.75 Å². The monoisotopic (exact) mass is 340 g/mol. The zero-order valence-corrected chi connectivity index (χ0v) is 14.9. The zero-order chi connectivity index (χ0) is 17.8. The van der Waals surface area contributed by atoms with Crippen LogP contribution in [0.1, 0.15) is 37.0 Å². The number of ether oxygens (including phenoxy) is 1. The van der Waals surface area contributed by atoms with Gasteiger partial charge in [0.2, 0.25) is 0 Å². The minimum atomic E-state index is -0.115. The van der Waals surface area contributed by atoms with E-state index in [2.05, 4.69) is 23.7 Å². The lowest BCUT2D eigenvalue weighted by atomic mass is 10.2. The van der Waals surface area contributed by atoms with Crippen molar-refractivity contribution in [2.45, 2.75) is 33.9 Å². The van der Waals surface area contributed by atoms with Crippen molar-refractivity contribution in [2.24, 2.45) is 5.92 Å². The number of aromatic nitrogens is 1. The Kier molecular flexibility index (Phi) is 5.12. The van der Waals surface area contributed by atoms with Crippen LogP contribution in [0.3, 0.4) is 0 Å². The van der Waals surface area contributed by atoms with E-state index in [0.717, 1.165) is 29.0 Å². The van der Waals surface area contributed by atoms with Crippen molar-refractivity contribution in [1.82, 2.24) is 9.88 Å². The van der Waals surface area contributed by atoms with E-state index >= 15 is 0 Å². The highest BCUT2D eigenvalue weighted by Gasteiger charge is 2.18. The molecule has 0 aliphatic rings. The van der Waals surface area contributed by atoms with Gasteiger partial charge in [-0.1, -0.05) is 19.9 Å². The number of hydrogen-bond donors (Lipinski definition) is 1. The van der Waals surface area contributed by atoms with Gasteiger partial charge in [0.25, 0.3) is 5.91 Å². The fourth-order valence-corrected chi connectivity index (χ4v) is 2.96. The molecule has 0 spiro atoms. The van der Waals surface area contributed by atoms with Gasteiger partial charge < -0.3 is 19.0 Å². The zero-order valence-electron chi connectivity index (χ0n) is 14.9. The number of carbonyl (C=O) groups is 1. The first-order valence-electron chi connectivity index (χ1n) is 8.65. The summed E-state index contributed by atoms with van der Waals surface area (Å²) in [5, 5.41) is 3.90. The molecule has 1 N–H and O–H groups in total. The quantitative estimate of drug-likeness (QED) is 0.700. The van der Waals surface area contributed by atoms with Gasteiger partial charge in [0.1, 0.15) is 17.2 Å². The van der Waals surface area contributed by atoms with Crippen molar-refractivity contribution in [3.63, 3.8) is 0 Å². The van der Waals surface area contributed by atoms with Crippen LogP contribution >= 0.6 is 0 Å². The third-order valence-electron chi connectivity index (χ3n) is 3.99. The molecule has 0 saturated carbocycles. The fourth-order valence-electron chi connectivity index (χ4n) is 2.96. The molecule has 0 aliphatic carbocycles. The molecule has 0 radical (unpaired) electrons. The number of benzene rings is 1. The Hall–Kier alpha value is -2.69. The maximum absolute atomic E-state index is 12.8. The molecule has 2 aromatic heterocycles. The van der Waals surface area contributed by atoms with E-state index in [9.17, 15) is 4.79 Å². The Morgan fingerprint density at radius 1 is 1.28 bits per heavy atom. The van der Waals surface area contributed by atoms with Gasteiger partial charge in [0.05, 0.1) is 24.9 Å². The highest BCUT2D eigenvalue weighted by Crippen LogP contribution is 2.30. The molecule has 0 saturated heterocycles. The summed E-state index contributed by atoms with van der Waals surface area (Å²) in [7, 11) is 0. The molecule has 0 fully saturated rings. The third kappa shape index (κ3) is 3.71. The third-order valence-corrected chi connectivity index (χ3v) is 3.99. The van der Waals surface area contributed by atoms with Crippen LogP contribution in [-0.2, 0) is 13.1 Å². The average molecular weight is 340 g/mol. The van der Waals surface area contributed by atoms with Crippen molar-refractivity contribution in [2.75, 3.05) is 6.61 Å². The van der Waals surface area contributed by atoms with Gasteiger partial charge >= 0.3 is 0 Å². The molecular formula is C20H24N2O3. The number of rotatable bonds is 7. The second-order valence-corrected chi connectivity index (χ2v) is 6.42. The van der Waals surface area contributed by atoms with E-state index in [1.807, 2.05) is 43.3 Å². The highest BCUT2D eigenvalue weighted by molar-refractivity contribution is 6.00. The van der Waals surface area contributed by atoms with Crippen molar-refractivity contribution in [1.29, 1.82) is 0 Å². The number of fused-ring (bicyclic) bond motifs is 1. The molecule has 5 nitrogen and oxygen atoms in total. The minimum absolute atomic E-state index is 0.115. The average Bonchev–Trinajstić information content (AvgIpc) is 3.21. The Labute approximate surface area is 147 Å². The number of nitrogens with zero attached hydrogens (tertiary/aromatic N) is 1. The van der Waals surface area contributed by atoms with Gasteiger partial charge in [-0.2, -0.15) is 0 Å². The number of furan rings is 1. The van der Waals surface area contributed by atoms with Crippen LogP contribution in [0.5, 0.6) is 5.75 Å². The highest BCUT2D eigenvalue weighted by atomic mass is 16.5. The first kappa shape index (κ1) is 17.1. The molecule has 1 aromatic carbocycles. The van der Waals surface area contributed by atoms with E-state index in [4.69, 9.17) is 9.15 Å². The predicted octanol–water partition coefficient (Wildman–Crippen LogP) is 4.22. The lowest BCUT2D eigenvalue weighted by molar-refractivity contribution is 0.0938. The SMILES string of the molecule is CCOc1cccc2c1cc(C(=O)NCc1ccco1)n2CC(C)C. The Morgan fingerprint density at radius 3 is 2.80 bits per heavy atom. The van der Waals surface area contributed by atoms with E-state index in [0.29, 0.717) is 24.8 Å². The lowest BCUT2D eigenvalue weighted by Crippen LogP contribution is -2.25. The molecule has 3 rings (SSSR count). The number of amides is 1. The van der Waals surface area contributed by atoms with E-state index in [1.165, 1.54) is 0 Å². The second-order valence-electron chi connectivity index (χ2n) is 6.42. The summed E-state index contributed by atoms with van der Waals surface area (Å²) in [4.78, 5) is 12.8. The van der Waals surface area contributed by atoms with E-state index < -0.39 is 0 Å². The van der Waals surface area contributed by atoms with Gasteiger partial charge in [-0.15, -0.1) is 0 Å². The Balaban J connectivity index is 1.96. The molecule has 0 aliphatic heterocycles. The van der Waals surface area contributed by atoms with Crippen LogP contribution in [0.25, 0.3) is 10.9 Å². The molecule has 3 aromatic rings. The van der Waals surface area contributed by atoms with Crippen LogP contribution in [0, 0.1) is 5.92 Å². The van der Waals surface area contributed by atoms with Crippen molar-refractivity contribution < 1.29 is 13.9 Å². The number of carbonyl (C=O) groups excluding carboxylic acids is 1. The van der Waals surface area contributed by atoms with E-state index in [1.54, 1.807) is 6.26 Å². The summed E-state index contributed by atoms with van der Waals surface area (Å²) in [6.45, 7) is 7.97. The summed E-state index contributed by atoms with van der Waals surface area (Å²) in [5.41, 5.74) is 1.66. The molecule has 2 heterocycles. The predicted molar refractivity (Wildman–Crippen MR) is 97.8 cm³/mol. The smallest absolute Gasteiger partial charge is 0.268 e. The maximum Gasteiger partial charge on any atom is 0.268 e. The number of nitrogens with one attached hydrogen (secondary N) is 1. The topological polar surface area (TPSA) is 56.4 Å². The van der Waals surface area contributed by atoms with Gasteiger partial charge in [-0.3, -0.25) is 4.79 Å². The first-order valence-corrected chi connectivity index (χ1v) is 8.65. The maximum atomic E-state index is 12.8. The molecule has 0 atom stereocenters. The molecule has 5 heteroatoms. The summed E-state index contributed by atoms with van der Waals surface area (Å²) in [6, 6.07) is 11.5. The number of hydrogen-bond acceptors (Lipinski definition) is 3. The molecule has 1 amide bonds. The van der Waals surface area contributed by atoms with Gasteiger partial charge in [0.15, 0.2) is 0 Å². The largest absolute Gasteiger partial charge is 0.493 e. The van der Waals surface area contributed by atoms with Gasteiger partial charge in [-0.05, 0) is 43.2 Å². The summed E-state index contributed by atoms with van der Waals surface area (Å²) < 4.78 is 13.1. The first-order chi connectivity index (χ1) is 12.1. The lowest BCUT2D eigenvalue weighted by Gasteiger charge is -2.13. The van der Waals surface area contributed by atoms with E-state index in [-0.39, 0.29) is 5.91 Å². The molecule has 0 bridgehead atoms. The van der Waals surface area contributed by atoms with Crippen LogP contribution in [0.2, 0.25) is 0 Å².